The quantitative estimate of drug-likeness (QED) is 0.420. The van der Waals surface area contributed by atoms with E-state index in [1.165, 1.54) is 11.8 Å². The minimum absolute atomic E-state index is 0.118. The molecule has 2 amide bonds. The second-order valence-corrected chi connectivity index (χ2v) is 8.27. The molecule has 3 heterocycles. The monoisotopic (exact) mass is 411 g/mol. The number of aromatic nitrogens is 2. The summed E-state index contributed by atoms with van der Waals surface area (Å²) in [6, 6.07) is 1.87. The van der Waals surface area contributed by atoms with Crippen LogP contribution >= 0.6 is 23.4 Å². The summed E-state index contributed by atoms with van der Waals surface area (Å²) >= 11 is 7.53. The van der Waals surface area contributed by atoms with Crippen molar-refractivity contribution in [1.29, 1.82) is 0 Å². The van der Waals surface area contributed by atoms with E-state index in [0.29, 0.717) is 42.1 Å². The molecule has 2 fully saturated rings. The van der Waals surface area contributed by atoms with Gasteiger partial charge in [0.2, 0.25) is 11.8 Å². The van der Waals surface area contributed by atoms with Crippen LogP contribution in [-0.2, 0) is 9.59 Å². The third-order valence-corrected chi connectivity index (χ3v) is 6.04. The van der Waals surface area contributed by atoms with E-state index >= 15 is 0 Å². The summed E-state index contributed by atoms with van der Waals surface area (Å²) in [7, 11) is 0. The Labute approximate surface area is 169 Å². The van der Waals surface area contributed by atoms with Gasteiger partial charge in [-0.3, -0.25) is 9.59 Å². The van der Waals surface area contributed by atoms with E-state index in [1.54, 1.807) is 6.07 Å². The summed E-state index contributed by atoms with van der Waals surface area (Å²) < 4.78 is 0. The van der Waals surface area contributed by atoms with Gasteiger partial charge in [0.25, 0.3) is 0 Å². The Bertz CT molecular complexity index is 698. The van der Waals surface area contributed by atoms with Crippen LogP contribution in [0.4, 0.5) is 5.82 Å². The molecular formula is C18H26ClN5O2S. The van der Waals surface area contributed by atoms with E-state index in [2.05, 4.69) is 14.9 Å². The lowest BCUT2D eigenvalue weighted by molar-refractivity contribution is -0.133. The molecule has 9 heteroatoms. The van der Waals surface area contributed by atoms with Crippen molar-refractivity contribution < 1.29 is 9.59 Å². The maximum absolute atomic E-state index is 12.2. The van der Waals surface area contributed by atoms with Gasteiger partial charge in [0.15, 0.2) is 5.16 Å². The van der Waals surface area contributed by atoms with Crippen molar-refractivity contribution in [1.82, 2.24) is 19.8 Å². The maximum atomic E-state index is 12.2. The Morgan fingerprint density at radius 1 is 1.19 bits per heavy atom. The minimum Gasteiger partial charge on any atom is -0.353 e. The van der Waals surface area contributed by atoms with Crippen molar-refractivity contribution in [2.45, 2.75) is 44.3 Å². The van der Waals surface area contributed by atoms with E-state index in [0.717, 1.165) is 31.7 Å². The Kier molecular flexibility index (Phi) is 6.81. The maximum Gasteiger partial charge on any atom is 0.233 e. The molecular weight excluding hydrogens is 386 g/mol. The molecule has 0 saturated carbocycles. The predicted molar refractivity (Wildman–Crippen MR) is 107 cm³/mol. The van der Waals surface area contributed by atoms with Crippen LogP contribution in [0.5, 0.6) is 0 Å². The van der Waals surface area contributed by atoms with Crippen molar-refractivity contribution >= 4 is 41.0 Å². The van der Waals surface area contributed by atoms with Gasteiger partial charge in [0.05, 0.1) is 5.75 Å². The van der Waals surface area contributed by atoms with Gasteiger partial charge >= 0.3 is 0 Å². The standard InChI is InChI=1S/C18H26ClN5O2S/c1-3-16(25)24-9-8-23(11-13(24)2)15-10-14(19)20-18(21-15)27-12-17(26)22-6-4-5-7-22/h10,13H,3-9,11-12H2,1-2H3/t13-/m1/s1. The number of carbonyl (C=O) groups is 2. The number of thioether (sulfide) groups is 1. The zero-order valence-electron chi connectivity index (χ0n) is 15.9. The average Bonchev–Trinajstić information content (AvgIpc) is 3.20. The molecule has 0 aromatic carbocycles. The lowest BCUT2D eigenvalue weighted by atomic mass is 10.1. The number of carbonyl (C=O) groups excluding carboxylic acids is 2. The third-order valence-electron chi connectivity index (χ3n) is 5.02. The van der Waals surface area contributed by atoms with E-state index in [1.807, 2.05) is 23.6 Å². The van der Waals surface area contributed by atoms with Gasteiger partial charge in [-0.05, 0) is 19.8 Å². The molecule has 1 aromatic rings. The molecule has 3 rings (SSSR count). The number of nitrogens with zero attached hydrogens (tertiary/aromatic N) is 5. The van der Waals surface area contributed by atoms with Crippen molar-refractivity contribution in [2.75, 3.05) is 43.4 Å². The van der Waals surface area contributed by atoms with Crippen molar-refractivity contribution in [3.05, 3.63) is 11.2 Å². The Hall–Kier alpha value is -1.54. The molecule has 2 aliphatic rings. The van der Waals surface area contributed by atoms with Crippen LogP contribution in [0, 0.1) is 0 Å². The first kappa shape index (κ1) is 20.2. The number of likely N-dealkylation sites (tertiary alicyclic amines) is 1. The highest BCUT2D eigenvalue weighted by Crippen LogP contribution is 2.24. The Balaban J connectivity index is 1.63. The molecule has 0 bridgehead atoms. The second kappa shape index (κ2) is 9.10. The highest BCUT2D eigenvalue weighted by molar-refractivity contribution is 7.99. The van der Waals surface area contributed by atoms with Gasteiger partial charge in [0, 0.05) is 51.3 Å². The van der Waals surface area contributed by atoms with E-state index < -0.39 is 0 Å². The molecule has 0 spiro atoms. The highest BCUT2D eigenvalue weighted by atomic mass is 35.5. The van der Waals surface area contributed by atoms with Crippen LogP contribution in [0.15, 0.2) is 11.2 Å². The Morgan fingerprint density at radius 2 is 1.93 bits per heavy atom. The molecule has 7 nitrogen and oxygen atoms in total. The summed E-state index contributed by atoms with van der Waals surface area (Å²) in [5.74, 6) is 1.39. The predicted octanol–water partition coefficient (Wildman–Crippen LogP) is 2.29. The first-order valence-corrected chi connectivity index (χ1v) is 10.8. The minimum atomic E-state index is 0.118. The molecule has 2 saturated heterocycles. The second-order valence-electron chi connectivity index (χ2n) is 6.94. The van der Waals surface area contributed by atoms with Crippen LogP contribution in [0.3, 0.4) is 0 Å². The molecule has 0 radical (unpaired) electrons. The van der Waals surface area contributed by atoms with Crippen LogP contribution in [0.1, 0.15) is 33.1 Å². The summed E-state index contributed by atoms with van der Waals surface area (Å²) in [5, 5.41) is 0.889. The summed E-state index contributed by atoms with van der Waals surface area (Å²) in [4.78, 5) is 39.0. The van der Waals surface area contributed by atoms with Crippen molar-refractivity contribution in [3.8, 4) is 0 Å². The Morgan fingerprint density at radius 3 is 2.59 bits per heavy atom. The summed E-state index contributed by atoms with van der Waals surface area (Å²) in [5.41, 5.74) is 0. The van der Waals surface area contributed by atoms with E-state index in [-0.39, 0.29) is 17.9 Å². The number of hydrogen-bond acceptors (Lipinski definition) is 6. The third kappa shape index (κ3) is 5.04. The molecule has 0 aliphatic carbocycles. The van der Waals surface area contributed by atoms with Gasteiger partial charge in [-0.15, -0.1) is 0 Å². The molecule has 1 aromatic heterocycles. The van der Waals surface area contributed by atoms with Crippen LogP contribution in [-0.4, -0.2) is 76.1 Å². The van der Waals surface area contributed by atoms with E-state index in [9.17, 15) is 9.59 Å². The smallest absolute Gasteiger partial charge is 0.233 e. The summed E-state index contributed by atoms with van der Waals surface area (Å²) in [6.07, 6.45) is 2.69. The van der Waals surface area contributed by atoms with Gasteiger partial charge in [-0.1, -0.05) is 30.3 Å². The summed E-state index contributed by atoms with van der Waals surface area (Å²) in [6.45, 7) is 7.71. The number of rotatable bonds is 5. The first-order chi connectivity index (χ1) is 13.0. The van der Waals surface area contributed by atoms with Gasteiger partial charge in [-0.2, -0.15) is 0 Å². The number of piperazine rings is 1. The SMILES string of the molecule is CCC(=O)N1CCN(c2cc(Cl)nc(SCC(=O)N3CCCC3)n2)C[C@H]1C. The zero-order chi connectivity index (χ0) is 19.4. The average molecular weight is 412 g/mol. The van der Waals surface area contributed by atoms with Crippen molar-refractivity contribution in [3.63, 3.8) is 0 Å². The zero-order valence-corrected chi connectivity index (χ0v) is 17.4. The number of hydrogen-bond donors (Lipinski definition) is 0. The fourth-order valence-corrected chi connectivity index (χ4v) is 4.52. The number of anilines is 1. The molecule has 0 N–H and O–H groups in total. The van der Waals surface area contributed by atoms with Crippen LogP contribution in [0.2, 0.25) is 5.15 Å². The topological polar surface area (TPSA) is 69.6 Å². The lowest BCUT2D eigenvalue weighted by Crippen LogP contribution is -2.54. The first-order valence-electron chi connectivity index (χ1n) is 9.47. The molecule has 2 aliphatic heterocycles. The molecule has 148 valence electrons. The fraction of sp³-hybridized carbons (Fsp3) is 0.667. The normalized spacial score (nSPS) is 20.3. The highest BCUT2D eigenvalue weighted by Gasteiger charge is 2.27. The van der Waals surface area contributed by atoms with Gasteiger partial charge in [-0.25, -0.2) is 9.97 Å². The van der Waals surface area contributed by atoms with E-state index in [4.69, 9.17) is 11.6 Å². The lowest BCUT2D eigenvalue weighted by Gasteiger charge is -2.40. The van der Waals surface area contributed by atoms with Crippen LogP contribution in [0.25, 0.3) is 0 Å². The molecule has 0 unspecified atom stereocenters. The van der Waals surface area contributed by atoms with Crippen molar-refractivity contribution in [2.24, 2.45) is 0 Å². The van der Waals surface area contributed by atoms with Gasteiger partial charge < -0.3 is 14.7 Å². The number of halogens is 1. The number of amides is 2. The van der Waals surface area contributed by atoms with Gasteiger partial charge in [0.1, 0.15) is 11.0 Å². The fourth-order valence-electron chi connectivity index (χ4n) is 3.54. The van der Waals surface area contributed by atoms with Crippen LogP contribution < -0.4 is 4.90 Å². The largest absolute Gasteiger partial charge is 0.353 e. The molecule has 1 atom stereocenters. The molecule has 27 heavy (non-hydrogen) atoms.